The smallest absolute Gasteiger partial charge is 0.301 e. The number of aryl methyl sites for hydroxylation is 3. The molecule has 0 N–H and O–H groups in total. The Balaban J connectivity index is 1.37. The summed E-state index contributed by atoms with van der Waals surface area (Å²) in [4.78, 5) is 8.83. The summed E-state index contributed by atoms with van der Waals surface area (Å²) in [6.45, 7) is 4.23. The van der Waals surface area contributed by atoms with Crippen LogP contribution in [0.3, 0.4) is 0 Å². The molecule has 0 amide bonds. The van der Waals surface area contributed by atoms with Gasteiger partial charge in [-0.15, -0.1) is 0 Å². The van der Waals surface area contributed by atoms with Gasteiger partial charge in [-0.1, -0.05) is 36.4 Å². The molecule has 0 atom stereocenters. The van der Waals surface area contributed by atoms with Crippen molar-refractivity contribution in [3.05, 3.63) is 103 Å². The summed E-state index contributed by atoms with van der Waals surface area (Å²) < 4.78 is 15.9. The number of nitrogens with zero attached hydrogens (tertiary/aromatic N) is 4. The molecule has 164 valence electrons. The Morgan fingerprint density at radius 3 is 2.15 bits per heavy atom. The largest absolute Gasteiger partial charge is 0.457 e. The van der Waals surface area contributed by atoms with Crippen molar-refractivity contribution in [2.75, 3.05) is 0 Å². The van der Waals surface area contributed by atoms with Gasteiger partial charge >= 0.3 is 6.01 Å². The van der Waals surface area contributed by atoms with Gasteiger partial charge in [0.2, 0.25) is 0 Å². The van der Waals surface area contributed by atoms with Gasteiger partial charge in [-0.05, 0) is 49.2 Å². The van der Waals surface area contributed by atoms with Gasteiger partial charge < -0.3 is 18.6 Å². The Bertz CT molecular complexity index is 1400. The van der Waals surface area contributed by atoms with Crippen molar-refractivity contribution in [3.8, 4) is 40.2 Å². The molecule has 5 rings (SSSR count). The number of ether oxygens (including phenoxy) is 2. The molecule has 2 aromatic heterocycles. The van der Waals surface area contributed by atoms with Gasteiger partial charge in [-0.2, -0.15) is 0 Å². The van der Waals surface area contributed by atoms with Crippen LogP contribution in [0.5, 0.6) is 23.3 Å². The van der Waals surface area contributed by atoms with E-state index in [0.717, 1.165) is 22.7 Å². The fraction of sp³-hybridized carbons (Fsp3) is 0.111. The second kappa shape index (κ2) is 8.67. The summed E-state index contributed by atoms with van der Waals surface area (Å²) in [6, 6.07) is 22.2. The van der Waals surface area contributed by atoms with Crippen molar-refractivity contribution in [3.63, 3.8) is 0 Å². The van der Waals surface area contributed by atoms with Crippen LogP contribution in [0.2, 0.25) is 0 Å². The number of rotatable bonds is 6. The highest BCUT2D eigenvalue weighted by molar-refractivity contribution is 5.62. The van der Waals surface area contributed by atoms with Crippen LogP contribution in [0.25, 0.3) is 16.9 Å². The van der Waals surface area contributed by atoms with E-state index in [-0.39, 0.29) is 0 Å². The zero-order valence-electron chi connectivity index (χ0n) is 18.8. The molecule has 6 nitrogen and oxygen atoms in total. The van der Waals surface area contributed by atoms with Crippen LogP contribution < -0.4 is 9.47 Å². The van der Waals surface area contributed by atoms with Crippen molar-refractivity contribution < 1.29 is 9.47 Å². The molecule has 6 heteroatoms. The van der Waals surface area contributed by atoms with E-state index >= 15 is 0 Å². The Morgan fingerprint density at radius 2 is 1.42 bits per heavy atom. The first kappa shape index (κ1) is 20.6. The van der Waals surface area contributed by atoms with E-state index < -0.39 is 0 Å². The molecule has 0 bridgehead atoms. The lowest BCUT2D eigenvalue weighted by Gasteiger charge is -2.10. The van der Waals surface area contributed by atoms with Crippen LogP contribution >= 0.6 is 0 Å². The number of hydrogen-bond donors (Lipinski definition) is 0. The molecular formula is C27H24N4O2. The highest BCUT2D eigenvalue weighted by atomic mass is 16.5. The van der Waals surface area contributed by atoms with Crippen molar-refractivity contribution >= 4 is 0 Å². The molecule has 0 unspecified atom stereocenters. The molecule has 0 saturated heterocycles. The predicted octanol–water partition coefficient (Wildman–Crippen LogP) is 6.47. The first-order chi connectivity index (χ1) is 16.1. The van der Waals surface area contributed by atoms with E-state index in [1.165, 1.54) is 11.1 Å². The maximum Gasteiger partial charge on any atom is 0.301 e. The zero-order chi connectivity index (χ0) is 22.8. The van der Waals surface area contributed by atoms with Crippen molar-refractivity contribution in [1.82, 2.24) is 19.1 Å². The number of hydrogen-bond acceptors (Lipinski definition) is 4. The fourth-order valence-electron chi connectivity index (χ4n) is 3.82. The van der Waals surface area contributed by atoms with Crippen LogP contribution in [0.1, 0.15) is 11.1 Å². The van der Waals surface area contributed by atoms with E-state index in [2.05, 4.69) is 52.8 Å². The minimum absolute atomic E-state index is 0.522. The molecule has 2 heterocycles. The average Bonchev–Trinajstić information content (AvgIpc) is 3.44. The van der Waals surface area contributed by atoms with E-state index in [9.17, 15) is 0 Å². The van der Waals surface area contributed by atoms with Crippen LogP contribution in [0, 0.1) is 13.8 Å². The minimum Gasteiger partial charge on any atom is -0.457 e. The third kappa shape index (κ3) is 4.36. The van der Waals surface area contributed by atoms with Gasteiger partial charge in [0.25, 0.3) is 0 Å². The van der Waals surface area contributed by atoms with Crippen LogP contribution in [-0.4, -0.2) is 19.1 Å². The van der Waals surface area contributed by atoms with Gasteiger partial charge in [-0.25, -0.2) is 9.97 Å². The quantitative estimate of drug-likeness (QED) is 0.306. The Hall–Kier alpha value is -4.32. The second-order valence-electron chi connectivity index (χ2n) is 7.93. The summed E-state index contributed by atoms with van der Waals surface area (Å²) in [6.07, 6.45) is 7.44. The summed E-state index contributed by atoms with van der Waals surface area (Å²) in [7, 11) is 1.88. The van der Waals surface area contributed by atoms with Crippen molar-refractivity contribution in [2.24, 2.45) is 7.05 Å². The number of imidazole rings is 2. The third-order valence-electron chi connectivity index (χ3n) is 5.44. The molecule has 0 aliphatic carbocycles. The van der Waals surface area contributed by atoms with E-state index in [0.29, 0.717) is 17.5 Å². The highest BCUT2D eigenvalue weighted by Crippen LogP contribution is 2.30. The lowest BCUT2D eigenvalue weighted by atomic mass is 10.1. The second-order valence-corrected chi connectivity index (χ2v) is 7.93. The van der Waals surface area contributed by atoms with Gasteiger partial charge in [0.15, 0.2) is 0 Å². The van der Waals surface area contributed by atoms with Crippen molar-refractivity contribution in [1.29, 1.82) is 0 Å². The SMILES string of the molecule is Cc1cccc(C)c1-n1cnc(-c2cccc(Oc3cccc(Oc4nccn4C)c3)c2)c1. The maximum absolute atomic E-state index is 6.12. The standard InChI is InChI=1S/C27H24N4O2/c1-19-7-4-8-20(2)26(19)31-17-25(29-18-31)21-9-5-10-22(15-21)32-23-11-6-12-24(16-23)33-27-28-13-14-30(27)3/h4-18H,1-3H3. The molecule has 3 aromatic carbocycles. The summed E-state index contributed by atoms with van der Waals surface area (Å²) in [5.41, 5.74) is 5.45. The first-order valence-electron chi connectivity index (χ1n) is 10.7. The normalized spacial score (nSPS) is 10.9. The average molecular weight is 437 g/mol. The van der Waals surface area contributed by atoms with Gasteiger partial charge in [0.05, 0.1) is 17.7 Å². The highest BCUT2D eigenvalue weighted by Gasteiger charge is 2.10. The fourth-order valence-corrected chi connectivity index (χ4v) is 3.82. The van der Waals surface area contributed by atoms with Crippen molar-refractivity contribution in [2.45, 2.75) is 13.8 Å². The summed E-state index contributed by atoms with van der Waals surface area (Å²) in [5.74, 6) is 2.06. The minimum atomic E-state index is 0.522. The first-order valence-corrected chi connectivity index (χ1v) is 10.7. The number of benzene rings is 3. The molecule has 0 fully saturated rings. The van der Waals surface area contributed by atoms with Crippen LogP contribution in [0.15, 0.2) is 91.6 Å². The van der Waals surface area contributed by atoms with E-state index in [1.54, 1.807) is 6.20 Å². The lowest BCUT2D eigenvalue weighted by Crippen LogP contribution is -1.96. The topological polar surface area (TPSA) is 54.1 Å². The molecule has 33 heavy (non-hydrogen) atoms. The molecular weight excluding hydrogens is 412 g/mol. The molecule has 0 aliphatic heterocycles. The Morgan fingerprint density at radius 1 is 0.758 bits per heavy atom. The Labute approximate surface area is 192 Å². The molecule has 0 spiro atoms. The predicted molar refractivity (Wildman–Crippen MR) is 128 cm³/mol. The number of aromatic nitrogens is 4. The van der Waals surface area contributed by atoms with Crippen LogP contribution in [-0.2, 0) is 7.05 Å². The zero-order valence-corrected chi connectivity index (χ0v) is 18.8. The summed E-state index contributed by atoms with van der Waals surface area (Å²) >= 11 is 0. The van der Waals surface area contributed by atoms with E-state index in [1.807, 2.05) is 72.7 Å². The molecule has 0 aliphatic rings. The summed E-state index contributed by atoms with van der Waals surface area (Å²) in [5, 5.41) is 0. The van der Waals surface area contributed by atoms with E-state index in [4.69, 9.17) is 9.47 Å². The molecule has 5 aromatic rings. The van der Waals surface area contributed by atoms with Gasteiger partial charge in [0.1, 0.15) is 17.2 Å². The van der Waals surface area contributed by atoms with Gasteiger partial charge in [-0.3, -0.25) is 0 Å². The van der Waals surface area contributed by atoms with Crippen LogP contribution in [0.4, 0.5) is 0 Å². The van der Waals surface area contributed by atoms with Gasteiger partial charge in [0, 0.05) is 37.3 Å². The third-order valence-corrected chi connectivity index (χ3v) is 5.44. The molecule has 0 saturated carbocycles. The lowest BCUT2D eigenvalue weighted by molar-refractivity contribution is 0.419. The molecule has 0 radical (unpaired) electrons. The monoisotopic (exact) mass is 436 g/mol. The maximum atomic E-state index is 6.12. The number of para-hydroxylation sites is 1. The Kier molecular flexibility index (Phi) is 5.40.